The van der Waals surface area contributed by atoms with Crippen molar-refractivity contribution < 1.29 is 9.53 Å². The summed E-state index contributed by atoms with van der Waals surface area (Å²) in [4.78, 5) is 11.8. The lowest BCUT2D eigenvalue weighted by Gasteiger charge is -2.22. The number of benzene rings is 1. The zero-order valence-electron chi connectivity index (χ0n) is 10.9. The van der Waals surface area contributed by atoms with Crippen molar-refractivity contribution in [3.05, 3.63) is 35.4 Å². The van der Waals surface area contributed by atoms with E-state index in [9.17, 15) is 4.79 Å². The molecule has 1 heterocycles. The molecular weight excluding hydrogens is 226 g/mol. The summed E-state index contributed by atoms with van der Waals surface area (Å²) >= 11 is 0. The maximum atomic E-state index is 11.8. The predicted octanol–water partition coefficient (Wildman–Crippen LogP) is 1.88. The molecule has 1 aliphatic rings. The van der Waals surface area contributed by atoms with E-state index in [1.54, 1.807) is 0 Å². The Morgan fingerprint density at radius 3 is 2.61 bits per heavy atom. The lowest BCUT2D eigenvalue weighted by molar-refractivity contribution is -0.125. The van der Waals surface area contributed by atoms with Gasteiger partial charge < -0.3 is 10.1 Å². The topological polar surface area (TPSA) is 38.3 Å². The normalized spacial score (nSPS) is 16.7. The molecule has 0 amide bonds. The molecule has 1 aliphatic heterocycles. The van der Waals surface area contributed by atoms with E-state index in [1.165, 1.54) is 5.56 Å². The number of Topliss-reactive ketones (excluding diaryl/α,β-unsaturated/α-hetero) is 1. The molecule has 1 fully saturated rings. The average Bonchev–Trinajstić information content (AvgIpc) is 2.40. The monoisotopic (exact) mass is 247 g/mol. The van der Waals surface area contributed by atoms with Gasteiger partial charge in [-0.3, -0.25) is 4.79 Å². The zero-order chi connectivity index (χ0) is 12.8. The number of ether oxygens (including phenoxy) is 1. The molecule has 0 unspecified atom stereocenters. The fourth-order valence-corrected chi connectivity index (χ4v) is 2.16. The highest BCUT2D eigenvalue weighted by atomic mass is 16.5. The fraction of sp³-hybridized carbons (Fsp3) is 0.533. The molecule has 0 saturated carbocycles. The van der Waals surface area contributed by atoms with Crippen molar-refractivity contribution in [3.8, 4) is 0 Å². The van der Waals surface area contributed by atoms with E-state index >= 15 is 0 Å². The van der Waals surface area contributed by atoms with Crippen LogP contribution in [0.15, 0.2) is 24.3 Å². The summed E-state index contributed by atoms with van der Waals surface area (Å²) in [6.45, 7) is 4.29. The van der Waals surface area contributed by atoms with Crippen LogP contribution in [0.2, 0.25) is 0 Å². The van der Waals surface area contributed by atoms with Gasteiger partial charge in [-0.25, -0.2) is 0 Å². The quantitative estimate of drug-likeness (QED) is 0.863. The molecule has 2 rings (SSSR count). The summed E-state index contributed by atoms with van der Waals surface area (Å²) in [6.07, 6.45) is 2.76. The first-order chi connectivity index (χ1) is 8.74. The summed E-state index contributed by atoms with van der Waals surface area (Å²) in [6, 6.07) is 8.10. The Morgan fingerprint density at radius 2 is 1.94 bits per heavy atom. The SMILES string of the molecule is Cc1ccc(CC(=O)COC2CCNCC2)cc1. The van der Waals surface area contributed by atoms with Crippen LogP contribution < -0.4 is 5.32 Å². The number of hydrogen-bond donors (Lipinski definition) is 1. The average molecular weight is 247 g/mol. The predicted molar refractivity (Wildman–Crippen MR) is 71.7 cm³/mol. The molecule has 0 atom stereocenters. The van der Waals surface area contributed by atoms with Gasteiger partial charge in [0.1, 0.15) is 6.61 Å². The van der Waals surface area contributed by atoms with Crippen molar-refractivity contribution in [1.29, 1.82) is 0 Å². The van der Waals surface area contributed by atoms with Gasteiger partial charge in [0, 0.05) is 6.42 Å². The van der Waals surface area contributed by atoms with Crippen molar-refractivity contribution >= 4 is 5.78 Å². The minimum atomic E-state index is 0.164. The van der Waals surface area contributed by atoms with Gasteiger partial charge in [-0.1, -0.05) is 29.8 Å². The molecule has 0 radical (unpaired) electrons. The summed E-state index contributed by atoms with van der Waals surface area (Å²) < 4.78 is 5.65. The summed E-state index contributed by atoms with van der Waals surface area (Å²) in [5.74, 6) is 0.164. The number of aryl methyl sites for hydroxylation is 1. The van der Waals surface area contributed by atoms with Crippen molar-refractivity contribution in [2.75, 3.05) is 19.7 Å². The standard InChI is InChI=1S/C15H21NO2/c1-12-2-4-13(5-3-12)10-14(17)11-18-15-6-8-16-9-7-15/h2-5,15-16H,6-11H2,1H3. The van der Waals surface area contributed by atoms with E-state index < -0.39 is 0 Å². The highest BCUT2D eigenvalue weighted by Crippen LogP contribution is 2.08. The maximum Gasteiger partial charge on any atom is 0.162 e. The number of rotatable bonds is 5. The molecule has 1 saturated heterocycles. The molecule has 3 heteroatoms. The molecule has 1 aromatic carbocycles. The minimum absolute atomic E-state index is 0.164. The van der Waals surface area contributed by atoms with E-state index in [1.807, 2.05) is 31.2 Å². The van der Waals surface area contributed by atoms with Crippen LogP contribution in [0.1, 0.15) is 24.0 Å². The molecule has 0 bridgehead atoms. The number of carbonyl (C=O) groups is 1. The summed E-state index contributed by atoms with van der Waals surface area (Å²) in [5.41, 5.74) is 2.29. The highest BCUT2D eigenvalue weighted by molar-refractivity contribution is 5.82. The molecule has 1 N–H and O–H groups in total. The van der Waals surface area contributed by atoms with Crippen molar-refractivity contribution in [3.63, 3.8) is 0 Å². The van der Waals surface area contributed by atoms with Gasteiger partial charge in [0.15, 0.2) is 5.78 Å². The molecule has 0 spiro atoms. The first-order valence-electron chi connectivity index (χ1n) is 6.63. The van der Waals surface area contributed by atoms with Crippen LogP contribution in [0.4, 0.5) is 0 Å². The zero-order valence-corrected chi connectivity index (χ0v) is 10.9. The second-order valence-corrected chi connectivity index (χ2v) is 4.96. The first kappa shape index (κ1) is 13.2. The molecule has 18 heavy (non-hydrogen) atoms. The van der Waals surface area contributed by atoms with Crippen LogP contribution in [-0.2, 0) is 16.0 Å². The number of hydrogen-bond acceptors (Lipinski definition) is 3. The Morgan fingerprint density at radius 1 is 1.28 bits per heavy atom. The number of nitrogens with one attached hydrogen (secondary N) is 1. The Bertz CT molecular complexity index is 380. The van der Waals surface area contributed by atoms with Gasteiger partial charge in [-0.15, -0.1) is 0 Å². The third kappa shape index (κ3) is 4.24. The van der Waals surface area contributed by atoms with Gasteiger partial charge in [0.2, 0.25) is 0 Å². The number of carbonyl (C=O) groups excluding carboxylic acids is 1. The van der Waals surface area contributed by atoms with E-state index in [0.717, 1.165) is 31.5 Å². The van der Waals surface area contributed by atoms with Crippen molar-refractivity contribution in [2.24, 2.45) is 0 Å². The minimum Gasteiger partial charge on any atom is -0.370 e. The van der Waals surface area contributed by atoms with Crippen molar-refractivity contribution in [1.82, 2.24) is 5.32 Å². The lowest BCUT2D eigenvalue weighted by atomic mass is 10.1. The van der Waals surface area contributed by atoms with E-state index in [-0.39, 0.29) is 18.5 Å². The van der Waals surface area contributed by atoms with Gasteiger partial charge in [0.25, 0.3) is 0 Å². The first-order valence-corrected chi connectivity index (χ1v) is 6.63. The van der Waals surface area contributed by atoms with Crippen LogP contribution in [0, 0.1) is 6.92 Å². The third-order valence-electron chi connectivity index (χ3n) is 3.29. The lowest BCUT2D eigenvalue weighted by Crippen LogP contribution is -2.33. The van der Waals surface area contributed by atoms with Crippen LogP contribution in [0.25, 0.3) is 0 Å². The molecule has 1 aromatic rings. The molecule has 0 aromatic heterocycles. The number of ketones is 1. The smallest absolute Gasteiger partial charge is 0.162 e. The van der Waals surface area contributed by atoms with Gasteiger partial charge in [0.05, 0.1) is 6.10 Å². The van der Waals surface area contributed by atoms with Crippen LogP contribution in [0.5, 0.6) is 0 Å². The van der Waals surface area contributed by atoms with Gasteiger partial charge >= 0.3 is 0 Å². The Hall–Kier alpha value is -1.19. The summed E-state index contributed by atoms with van der Waals surface area (Å²) in [7, 11) is 0. The number of piperidine rings is 1. The molecule has 0 aliphatic carbocycles. The maximum absolute atomic E-state index is 11.8. The third-order valence-corrected chi connectivity index (χ3v) is 3.29. The van der Waals surface area contributed by atoms with Crippen LogP contribution >= 0.6 is 0 Å². The van der Waals surface area contributed by atoms with E-state index in [2.05, 4.69) is 5.32 Å². The largest absolute Gasteiger partial charge is 0.370 e. The molecule has 98 valence electrons. The van der Waals surface area contributed by atoms with Gasteiger partial charge in [-0.2, -0.15) is 0 Å². The fourth-order valence-electron chi connectivity index (χ4n) is 2.16. The molecule has 3 nitrogen and oxygen atoms in total. The Kier molecular flexibility index (Phi) is 4.90. The summed E-state index contributed by atoms with van der Waals surface area (Å²) in [5, 5.41) is 3.28. The van der Waals surface area contributed by atoms with Crippen LogP contribution in [-0.4, -0.2) is 31.6 Å². The molecular formula is C15H21NO2. The Labute approximate surface area is 109 Å². The van der Waals surface area contributed by atoms with E-state index in [0.29, 0.717) is 6.42 Å². The van der Waals surface area contributed by atoms with Crippen molar-refractivity contribution in [2.45, 2.75) is 32.3 Å². The Balaban J connectivity index is 1.73. The van der Waals surface area contributed by atoms with Gasteiger partial charge in [-0.05, 0) is 38.4 Å². The second-order valence-electron chi connectivity index (χ2n) is 4.96. The van der Waals surface area contributed by atoms with E-state index in [4.69, 9.17) is 4.74 Å². The second kappa shape index (κ2) is 6.66. The van der Waals surface area contributed by atoms with Crippen LogP contribution in [0.3, 0.4) is 0 Å². The highest BCUT2D eigenvalue weighted by Gasteiger charge is 2.14.